The van der Waals surface area contributed by atoms with E-state index in [1.54, 1.807) is 6.07 Å². The largest absolute Gasteiger partial charge is 0.299 e. The molecule has 0 aromatic heterocycles. The minimum absolute atomic E-state index is 0.335. The van der Waals surface area contributed by atoms with Gasteiger partial charge in [0.05, 0.1) is 10.0 Å². The lowest BCUT2D eigenvalue weighted by atomic mass is 10.0. The van der Waals surface area contributed by atoms with Gasteiger partial charge in [-0.15, -0.1) is 0 Å². The number of halogens is 2. The molecule has 2 saturated carbocycles. The molecule has 0 bridgehead atoms. The van der Waals surface area contributed by atoms with Crippen LogP contribution in [0.1, 0.15) is 31.2 Å². The van der Waals surface area contributed by atoms with Gasteiger partial charge in [-0.25, -0.2) is 0 Å². The Bertz CT molecular complexity index is 471. The maximum absolute atomic E-state index is 12.3. The molecular formula is C15H16Cl2O. The van der Waals surface area contributed by atoms with Gasteiger partial charge in [0.25, 0.3) is 0 Å². The van der Waals surface area contributed by atoms with Gasteiger partial charge in [0.1, 0.15) is 5.78 Å². The van der Waals surface area contributed by atoms with E-state index in [4.69, 9.17) is 23.2 Å². The minimum atomic E-state index is 0.335. The average molecular weight is 283 g/mol. The van der Waals surface area contributed by atoms with Crippen molar-refractivity contribution in [2.75, 3.05) is 0 Å². The third-order valence-corrected chi connectivity index (χ3v) is 5.13. The molecule has 18 heavy (non-hydrogen) atoms. The molecule has 0 radical (unpaired) electrons. The van der Waals surface area contributed by atoms with Gasteiger partial charge in [-0.3, -0.25) is 4.79 Å². The third-order valence-electron chi connectivity index (χ3n) is 4.39. The zero-order valence-electron chi connectivity index (χ0n) is 10.2. The normalized spacial score (nSPS) is 29.8. The first kappa shape index (κ1) is 12.5. The molecule has 0 N–H and O–H groups in total. The number of ketones is 1. The van der Waals surface area contributed by atoms with Crippen molar-refractivity contribution in [3.05, 3.63) is 33.8 Å². The molecule has 0 saturated heterocycles. The van der Waals surface area contributed by atoms with Gasteiger partial charge >= 0.3 is 0 Å². The van der Waals surface area contributed by atoms with E-state index in [1.807, 2.05) is 12.1 Å². The number of carbonyl (C=O) groups excluding carboxylic acids is 1. The Morgan fingerprint density at radius 2 is 1.78 bits per heavy atom. The first-order valence-electron chi connectivity index (χ1n) is 6.63. The summed E-state index contributed by atoms with van der Waals surface area (Å²) in [5.41, 5.74) is 0.984. The quantitative estimate of drug-likeness (QED) is 0.795. The van der Waals surface area contributed by atoms with Crippen LogP contribution in [0.25, 0.3) is 0 Å². The highest BCUT2D eigenvalue weighted by Gasteiger charge is 2.53. The van der Waals surface area contributed by atoms with E-state index in [-0.39, 0.29) is 0 Å². The summed E-state index contributed by atoms with van der Waals surface area (Å²) in [5, 5.41) is 1.09. The number of rotatable bonds is 3. The molecule has 1 nitrogen and oxygen atoms in total. The van der Waals surface area contributed by atoms with E-state index in [2.05, 4.69) is 0 Å². The van der Waals surface area contributed by atoms with Crippen LogP contribution in [0.15, 0.2) is 18.2 Å². The monoisotopic (exact) mass is 282 g/mol. The lowest BCUT2D eigenvalue weighted by Gasteiger charge is -2.04. The van der Waals surface area contributed by atoms with Crippen molar-refractivity contribution in [3.8, 4) is 0 Å². The van der Waals surface area contributed by atoms with Crippen molar-refractivity contribution in [1.29, 1.82) is 0 Å². The Hall–Kier alpha value is -0.530. The van der Waals surface area contributed by atoms with Gasteiger partial charge in [-0.05, 0) is 42.4 Å². The summed E-state index contributed by atoms with van der Waals surface area (Å²) in [5.74, 6) is 2.11. The Kier molecular flexibility index (Phi) is 3.38. The third kappa shape index (κ3) is 2.31. The molecule has 2 aliphatic carbocycles. The standard InChI is InChI=1S/C15H16Cl2O/c16-12-6-5-9(7-13(12)17)8-14(18)15-10-3-1-2-4-11(10)15/h5-7,10-11,15H,1-4,8H2. The topological polar surface area (TPSA) is 17.1 Å². The van der Waals surface area contributed by atoms with E-state index in [0.717, 1.165) is 5.56 Å². The first-order valence-corrected chi connectivity index (χ1v) is 7.39. The molecule has 1 aromatic carbocycles. The molecular weight excluding hydrogens is 267 g/mol. The van der Waals surface area contributed by atoms with Crippen LogP contribution in [0.5, 0.6) is 0 Å². The highest BCUT2D eigenvalue weighted by Crippen LogP contribution is 2.56. The molecule has 1 aromatic rings. The molecule has 2 unspecified atom stereocenters. The van der Waals surface area contributed by atoms with Gasteiger partial charge in [0.15, 0.2) is 0 Å². The smallest absolute Gasteiger partial charge is 0.140 e. The maximum Gasteiger partial charge on any atom is 0.140 e. The molecule has 2 fully saturated rings. The average Bonchev–Trinajstić information content (AvgIpc) is 3.08. The van der Waals surface area contributed by atoms with Crippen LogP contribution < -0.4 is 0 Å². The molecule has 2 aliphatic rings. The van der Waals surface area contributed by atoms with Crippen LogP contribution in [-0.2, 0) is 11.2 Å². The molecule has 96 valence electrons. The van der Waals surface area contributed by atoms with Crippen molar-refractivity contribution >= 4 is 29.0 Å². The summed E-state index contributed by atoms with van der Waals surface area (Å²) in [7, 11) is 0. The molecule has 3 heteroatoms. The van der Waals surface area contributed by atoms with Crippen molar-refractivity contribution in [3.63, 3.8) is 0 Å². The van der Waals surface area contributed by atoms with Crippen LogP contribution in [0.3, 0.4) is 0 Å². The van der Waals surface area contributed by atoms with E-state index in [9.17, 15) is 4.79 Å². The first-order chi connectivity index (χ1) is 8.66. The lowest BCUT2D eigenvalue weighted by molar-refractivity contribution is -0.120. The van der Waals surface area contributed by atoms with Gasteiger partial charge in [-0.2, -0.15) is 0 Å². The lowest BCUT2D eigenvalue weighted by Crippen LogP contribution is -2.07. The number of hydrogen-bond acceptors (Lipinski definition) is 1. The van der Waals surface area contributed by atoms with Gasteiger partial charge < -0.3 is 0 Å². The summed E-state index contributed by atoms with van der Waals surface area (Å²) in [6.07, 6.45) is 5.62. The summed E-state index contributed by atoms with van der Waals surface area (Å²) in [6.45, 7) is 0. The SMILES string of the molecule is O=C(Cc1ccc(Cl)c(Cl)c1)C1C2CCCCC21. The minimum Gasteiger partial charge on any atom is -0.299 e. The highest BCUT2D eigenvalue weighted by molar-refractivity contribution is 6.42. The van der Waals surface area contributed by atoms with Gasteiger partial charge in [0, 0.05) is 12.3 Å². The highest BCUT2D eigenvalue weighted by atomic mass is 35.5. The Balaban J connectivity index is 1.66. The number of carbonyl (C=O) groups is 1. The Labute approximate surface area is 117 Å². The molecule has 0 aliphatic heterocycles. The Morgan fingerprint density at radius 1 is 1.11 bits per heavy atom. The number of fused-ring (bicyclic) bond motifs is 1. The number of benzene rings is 1. The Morgan fingerprint density at radius 3 is 2.39 bits per heavy atom. The van der Waals surface area contributed by atoms with Gasteiger partial charge in [0.2, 0.25) is 0 Å². The number of Topliss-reactive ketones (excluding diaryl/α,β-unsaturated/α-hetero) is 1. The van der Waals surface area contributed by atoms with Crippen LogP contribution in [0.2, 0.25) is 10.0 Å². The molecule has 0 heterocycles. The van der Waals surface area contributed by atoms with Crippen LogP contribution in [-0.4, -0.2) is 5.78 Å². The van der Waals surface area contributed by atoms with E-state index < -0.39 is 0 Å². The second kappa shape index (κ2) is 4.86. The predicted octanol–water partition coefficient (Wildman–Crippen LogP) is 4.54. The van der Waals surface area contributed by atoms with Crippen molar-refractivity contribution in [2.45, 2.75) is 32.1 Å². The second-order valence-electron chi connectivity index (χ2n) is 5.53. The molecule has 0 spiro atoms. The zero-order valence-corrected chi connectivity index (χ0v) is 11.7. The van der Waals surface area contributed by atoms with Crippen LogP contribution in [0, 0.1) is 17.8 Å². The fourth-order valence-corrected chi connectivity index (χ4v) is 3.76. The number of hydrogen-bond donors (Lipinski definition) is 0. The van der Waals surface area contributed by atoms with E-state index in [0.29, 0.717) is 40.0 Å². The fourth-order valence-electron chi connectivity index (χ4n) is 3.44. The van der Waals surface area contributed by atoms with Crippen LogP contribution in [0.4, 0.5) is 0 Å². The van der Waals surface area contributed by atoms with Crippen LogP contribution >= 0.6 is 23.2 Å². The van der Waals surface area contributed by atoms with Gasteiger partial charge in [-0.1, -0.05) is 42.1 Å². The maximum atomic E-state index is 12.3. The second-order valence-corrected chi connectivity index (χ2v) is 6.34. The summed E-state index contributed by atoms with van der Waals surface area (Å²) < 4.78 is 0. The molecule has 2 atom stereocenters. The molecule has 3 rings (SSSR count). The summed E-state index contributed by atoms with van der Waals surface area (Å²) >= 11 is 11.8. The van der Waals surface area contributed by atoms with Crippen molar-refractivity contribution in [1.82, 2.24) is 0 Å². The zero-order chi connectivity index (χ0) is 12.7. The fraction of sp³-hybridized carbons (Fsp3) is 0.533. The van der Waals surface area contributed by atoms with Crippen molar-refractivity contribution in [2.24, 2.45) is 17.8 Å². The summed E-state index contributed by atoms with van der Waals surface area (Å²) in [4.78, 5) is 12.3. The summed E-state index contributed by atoms with van der Waals surface area (Å²) in [6, 6.07) is 5.48. The van der Waals surface area contributed by atoms with E-state index >= 15 is 0 Å². The predicted molar refractivity (Wildman–Crippen MR) is 74.1 cm³/mol. The van der Waals surface area contributed by atoms with Crippen molar-refractivity contribution < 1.29 is 4.79 Å². The molecule has 0 amide bonds. The van der Waals surface area contributed by atoms with E-state index in [1.165, 1.54) is 25.7 Å².